The monoisotopic (exact) mass is 328 g/mol. The number of nitrogens with zero attached hydrogens (tertiary/aromatic N) is 1. The highest BCUT2D eigenvalue weighted by molar-refractivity contribution is 5.83. The summed E-state index contributed by atoms with van der Waals surface area (Å²) in [7, 11) is 0. The van der Waals surface area contributed by atoms with Crippen LogP contribution in [0.3, 0.4) is 0 Å². The molecule has 0 unspecified atom stereocenters. The van der Waals surface area contributed by atoms with E-state index in [1.54, 1.807) is 17.0 Å². The SMILES string of the molecule is NC[C@@H]1CCCN1C(=O)[C@H]1C[C@@H]1c1ccccc1OC(F)(F)F. The predicted molar refractivity (Wildman–Crippen MR) is 77.8 cm³/mol. The minimum absolute atomic E-state index is 0.00441. The lowest BCUT2D eigenvalue weighted by atomic mass is 10.1. The van der Waals surface area contributed by atoms with E-state index in [-0.39, 0.29) is 29.5 Å². The summed E-state index contributed by atoms with van der Waals surface area (Å²) in [5.41, 5.74) is 6.13. The van der Waals surface area contributed by atoms with Gasteiger partial charge in [-0.2, -0.15) is 0 Å². The van der Waals surface area contributed by atoms with Gasteiger partial charge in [-0.3, -0.25) is 4.79 Å². The zero-order valence-electron chi connectivity index (χ0n) is 12.6. The molecule has 1 aromatic carbocycles. The molecule has 23 heavy (non-hydrogen) atoms. The van der Waals surface area contributed by atoms with E-state index in [1.165, 1.54) is 12.1 Å². The van der Waals surface area contributed by atoms with Crippen LogP contribution < -0.4 is 10.5 Å². The van der Waals surface area contributed by atoms with Gasteiger partial charge in [0.15, 0.2) is 0 Å². The van der Waals surface area contributed by atoms with Crippen LogP contribution in [0, 0.1) is 5.92 Å². The van der Waals surface area contributed by atoms with E-state index in [2.05, 4.69) is 4.74 Å². The first-order valence-electron chi connectivity index (χ1n) is 7.76. The molecule has 126 valence electrons. The van der Waals surface area contributed by atoms with Crippen LogP contribution in [-0.2, 0) is 4.79 Å². The molecule has 3 atom stereocenters. The number of ether oxygens (including phenoxy) is 1. The number of likely N-dealkylation sites (tertiary alicyclic amines) is 1. The van der Waals surface area contributed by atoms with Crippen molar-refractivity contribution in [3.05, 3.63) is 29.8 Å². The largest absolute Gasteiger partial charge is 0.573 e. The van der Waals surface area contributed by atoms with Crippen LogP contribution in [0.1, 0.15) is 30.7 Å². The number of amides is 1. The van der Waals surface area contributed by atoms with Crippen LogP contribution in [0.25, 0.3) is 0 Å². The average molecular weight is 328 g/mol. The van der Waals surface area contributed by atoms with Gasteiger partial charge in [0.2, 0.25) is 5.91 Å². The third kappa shape index (κ3) is 3.44. The molecule has 2 N–H and O–H groups in total. The predicted octanol–water partition coefficient (Wildman–Crippen LogP) is 2.64. The lowest BCUT2D eigenvalue weighted by Crippen LogP contribution is -2.40. The molecule has 7 heteroatoms. The number of halogens is 3. The van der Waals surface area contributed by atoms with Crippen molar-refractivity contribution in [2.24, 2.45) is 11.7 Å². The first-order chi connectivity index (χ1) is 10.9. The number of nitrogens with two attached hydrogens (primary N) is 1. The summed E-state index contributed by atoms with van der Waals surface area (Å²) in [5, 5.41) is 0. The molecular formula is C16H19F3N2O2. The molecule has 0 radical (unpaired) electrons. The van der Waals surface area contributed by atoms with Gasteiger partial charge in [-0.15, -0.1) is 13.2 Å². The van der Waals surface area contributed by atoms with Crippen molar-refractivity contribution >= 4 is 5.91 Å². The fourth-order valence-corrected chi connectivity index (χ4v) is 3.40. The van der Waals surface area contributed by atoms with Crippen molar-refractivity contribution in [3.63, 3.8) is 0 Å². The second-order valence-electron chi connectivity index (χ2n) is 6.10. The Labute approximate surface area is 132 Å². The second kappa shape index (κ2) is 6.03. The van der Waals surface area contributed by atoms with Crippen LogP contribution in [0.5, 0.6) is 5.75 Å². The molecule has 3 rings (SSSR count). The second-order valence-corrected chi connectivity index (χ2v) is 6.10. The van der Waals surface area contributed by atoms with E-state index in [4.69, 9.17) is 5.73 Å². The van der Waals surface area contributed by atoms with Crippen molar-refractivity contribution in [1.29, 1.82) is 0 Å². The number of carbonyl (C=O) groups excluding carboxylic acids is 1. The fourth-order valence-electron chi connectivity index (χ4n) is 3.40. The molecule has 0 aromatic heterocycles. The van der Waals surface area contributed by atoms with Crippen LogP contribution in [0.2, 0.25) is 0 Å². The molecule has 1 heterocycles. The number of para-hydroxylation sites is 1. The zero-order chi connectivity index (χ0) is 16.6. The van der Waals surface area contributed by atoms with Crippen molar-refractivity contribution in [2.75, 3.05) is 13.1 Å². The Kier molecular flexibility index (Phi) is 4.23. The summed E-state index contributed by atoms with van der Waals surface area (Å²) in [6.07, 6.45) is -2.35. The number of benzene rings is 1. The Balaban J connectivity index is 1.72. The van der Waals surface area contributed by atoms with Gasteiger partial charge in [0.25, 0.3) is 0 Å². The van der Waals surface area contributed by atoms with Gasteiger partial charge >= 0.3 is 6.36 Å². The zero-order valence-corrected chi connectivity index (χ0v) is 12.6. The molecule has 1 aromatic rings. The van der Waals surface area contributed by atoms with Gasteiger partial charge in [0, 0.05) is 25.0 Å². The quantitative estimate of drug-likeness (QED) is 0.924. The molecular weight excluding hydrogens is 309 g/mol. The van der Waals surface area contributed by atoms with E-state index in [9.17, 15) is 18.0 Å². The van der Waals surface area contributed by atoms with Crippen molar-refractivity contribution < 1.29 is 22.7 Å². The van der Waals surface area contributed by atoms with Gasteiger partial charge in [0.05, 0.1) is 0 Å². The highest BCUT2D eigenvalue weighted by Gasteiger charge is 2.49. The fraction of sp³-hybridized carbons (Fsp3) is 0.562. The molecule has 1 saturated carbocycles. The Morgan fingerprint density at radius 3 is 2.78 bits per heavy atom. The number of rotatable bonds is 4. The van der Waals surface area contributed by atoms with Crippen molar-refractivity contribution in [3.8, 4) is 5.75 Å². The summed E-state index contributed by atoms with van der Waals surface area (Å²) in [6, 6.07) is 6.11. The summed E-state index contributed by atoms with van der Waals surface area (Å²) >= 11 is 0. The number of hydrogen-bond donors (Lipinski definition) is 1. The van der Waals surface area contributed by atoms with Gasteiger partial charge in [0.1, 0.15) is 5.75 Å². The summed E-state index contributed by atoms with van der Waals surface area (Å²) < 4.78 is 41.6. The van der Waals surface area contributed by atoms with Gasteiger partial charge in [-0.1, -0.05) is 18.2 Å². The average Bonchev–Trinajstić information content (AvgIpc) is 3.13. The molecule has 1 aliphatic carbocycles. The lowest BCUT2D eigenvalue weighted by Gasteiger charge is -2.23. The molecule has 2 aliphatic rings. The van der Waals surface area contributed by atoms with Crippen molar-refractivity contribution in [1.82, 2.24) is 4.90 Å². The van der Waals surface area contributed by atoms with Crippen molar-refractivity contribution in [2.45, 2.75) is 37.6 Å². The maximum absolute atomic E-state index is 12.6. The number of hydrogen-bond acceptors (Lipinski definition) is 3. The summed E-state index contributed by atoms with van der Waals surface area (Å²) in [5.74, 6) is -0.679. The van der Waals surface area contributed by atoms with Crippen LogP contribution in [0.4, 0.5) is 13.2 Å². The Hall–Kier alpha value is -1.76. The molecule has 1 aliphatic heterocycles. The Morgan fingerprint density at radius 1 is 1.35 bits per heavy atom. The summed E-state index contributed by atoms with van der Waals surface area (Å²) in [4.78, 5) is 14.4. The maximum Gasteiger partial charge on any atom is 0.573 e. The molecule has 0 spiro atoms. The Bertz CT molecular complexity index is 591. The standard InChI is InChI=1S/C16H19F3N2O2/c17-16(18,19)23-14-6-2-1-5-11(14)12-8-13(12)15(22)21-7-3-4-10(21)9-20/h1-2,5-6,10,12-13H,3-4,7-9,20H2/t10-,12+,13-/m0/s1. The molecule has 4 nitrogen and oxygen atoms in total. The topological polar surface area (TPSA) is 55.6 Å². The number of alkyl halides is 3. The smallest absolute Gasteiger partial charge is 0.405 e. The highest BCUT2D eigenvalue weighted by Crippen LogP contribution is 2.52. The van der Waals surface area contributed by atoms with E-state index in [0.717, 1.165) is 12.8 Å². The first-order valence-corrected chi connectivity index (χ1v) is 7.76. The Morgan fingerprint density at radius 2 is 2.09 bits per heavy atom. The van der Waals surface area contributed by atoms with Gasteiger partial charge in [-0.25, -0.2) is 0 Å². The van der Waals surface area contributed by atoms with Gasteiger partial charge in [-0.05, 0) is 36.8 Å². The third-order valence-electron chi connectivity index (χ3n) is 4.58. The lowest BCUT2D eigenvalue weighted by molar-refractivity contribution is -0.274. The van der Waals surface area contributed by atoms with Crippen LogP contribution in [0.15, 0.2) is 24.3 Å². The molecule has 1 amide bonds. The maximum atomic E-state index is 12.6. The first kappa shape index (κ1) is 16.1. The number of carbonyl (C=O) groups is 1. The summed E-state index contributed by atoms with van der Waals surface area (Å²) in [6.45, 7) is 1.11. The molecule has 1 saturated heterocycles. The third-order valence-corrected chi connectivity index (χ3v) is 4.58. The highest BCUT2D eigenvalue weighted by atomic mass is 19.4. The van der Waals surface area contributed by atoms with Crippen LogP contribution >= 0.6 is 0 Å². The van der Waals surface area contributed by atoms with Crippen LogP contribution in [-0.4, -0.2) is 36.3 Å². The minimum atomic E-state index is -4.73. The molecule has 2 fully saturated rings. The normalized spacial score (nSPS) is 27.1. The van der Waals surface area contributed by atoms with E-state index >= 15 is 0 Å². The van der Waals surface area contributed by atoms with E-state index in [0.29, 0.717) is 25.1 Å². The molecule has 0 bridgehead atoms. The van der Waals surface area contributed by atoms with E-state index in [1.807, 2.05) is 0 Å². The van der Waals surface area contributed by atoms with Gasteiger partial charge < -0.3 is 15.4 Å². The minimum Gasteiger partial charge on any atom is -0.405 e. The van der Waals surface area contributed by atoms with E-state index < -0.39 is 6.36 Å².